The fourth-order valence-corrected chi connectivity index (χ4v) is 5.30. The average Bonchev–Trinajstić information content (AvgIpc) is 3.31. The van der Waals surface area contributed by atoms with Crippen LogP contribution in [-0.2, 0) is 10.9 Å². The molecule has 0 aliphatic carbocycles. The van der Waals surface area contributed by atoms with Crippen LogP contribution in [-0.4, -0.2) is 22.7 Å². The number of aromatic nitrogens is 1. The van der Waals surface area contributed by atoms with E-state index in [1.807, 2.05) is 5.32 Å². The molecule has 5 nitrogen and oxygen atoms in total. The zero-order valence-corrected chi connectivity index (χ0v) is 20.9. The summed E-state index contributed by atoms with van der Waals surface area (Å²) in [5.74, 6) is -3.84. The summed E-state index contributed by atoms with van der Waals surface area (Å²) < 4.78 is 91.3. The molecule has 0 saturated carbocycles. The van der Waals surface area contributed by atoms with Gasteiger partial charge in [-0.25, -0.2) is 18.0 Å². The number of amides is 1. The highest BCUT2D eigenvalue weighted by Crippen LogP contribution is 2.46. The number of hydrogen-bond acceptors (Lipinski definition) is 3. The minimum absolute atomic E-state index is 0.0361. The molecule has 0 spiro atoms. The molecular formula is C28H23F6N3O2. The number of carbonyl (C=O) groups is 1. The van der Waals surface area contributed by atoms with Crippen LogP contribution in [0, 0.1) is 17.5 Å². The maximum atomic E-state index is 16.1. The number of benzene rings is 3. The molecule has 1 aromatic heterocycles. The van der Waals surface area contributed by atoms with Crippen LogP contribution < -0.4 is 10.6 Å². The van der Waals surface area contributed by atoms with Crippen molar-refractivity contribution in [3.63, 3.8) is 0 Å². The van der Waals surface area contributed by atoms with Crippen molar-refractivity contribution in [1.29, 1.82) is 0 Å². The van der Waals surface area contributed by atoms with Crippen LogP contribution in [0.1, 0.15) is 37.8 Å². The Morgan fingerprint density at radius 1 is 1.03 bits per heavy atom. The highest BCUT2D eigenvalue weighted by molar-refractivity contribution is 5.95. The van der Waals surface area contributed by atoms with Gasteiger partial charge in [0, 0.05) is 28.9 Å². The summed E-state index contributed by atoms with van der Waals surface area (Å²) in [4.78, 5) is 15.7. The van der Waals surface area contributed by atoms with Crippen molar-refractivity contribution in [3.05, 3.63) is 83.3 Å². The summed E-state index contributed by atoms with van der Waals surface area (Å²) in [5, 5.41) is 5.58. The van der Waals surface area contributed by atoms with Gasteiger partial charge in [-0.3, -0.25) is 5.32 Å². The van der Waals surface area contributed by atoms with Crippen molar-refractivity contribution < 1.29 is 35.9 Å². The van der Waals surface area contributed by atoms with Crippen molar-refractivity contribution in [2.24, 2.45) is 0 Å². The predicted molar refractivity (Wildman–Crippen MR) is 135 cm³/mol. The Labute approximate surface area is 219 Å². The Morgan fingerprint density at radius 3 is 2.46 bits per heavy atom. The van der Waals surface area contributed by atoms with E-state index in [1.165, 1.54) is 6.07 Å². The summed E-state index contributed by atoms with van der Waals surface area (Å²) in [7, 11) is 0. The van der Waals surface area contributed by atoms with Crippen LogP contribution >= 0.6 is 0 Å². The fraction of sp³-hybridized carbons (Fsp3) is 0.250. The minimum Gasteiger partial charge on any atom is -0.443 e. The summed E-state index contributed by atoms with van der Waals surface area (Å²) in [6, 6.07) is 10.2. The highest BCUT2D eigenvalue weighted by Gasteiger charge is 2.45. The summed E-state index contributed by atoms with van der Waals surface area (Å²) in [5.41, 5.74) is -2.84. The van der Waals surface area contributed by atoms with Crippen LogP contribution in [0.15, 0.2) is 54.7 Å². The lowest BCUT2D eigenvalue weighted by atomic mass is 9.77. The molecule has 39 heavy (non-hydrogen) atoms. The number of nitrogens with one attached hydrogen (secondary N) is 3. The molecule has 5 rings (SSSR count). The third kappa shape index (κ3) is 4.55. The predicted octanol–water partition coefficient (Wildman–Crippen LogP) is 8.20. The molecule has 0 saturated heterocycles. The van der Waals surface area contributed by atoms with Crippen LogP contribution in [0.25, 0.3) is 22.0 Å². The molecule has 11 heteroatoms. The number of hydrogen-bond donors (Lipinski definition) is 3. The first kappa shape index (κ1) is 26.5. The van der Waals surface area contributed by atoms with E-state index < -0.39 is 58.5 Å². The molecule has 2 atom stereocenters. The van der Waals surface area contributed by atoms with Gasteiger partial charge in [0.05, 0.1) is 27.9 Å². The first-order chi connectivity index (χ1) is 18.3. The molecule has 1 aliphatic rings. The van der Waals surface area contributed by atoms with E-state index >= 15 is 8.78 Å². The van der Waals surface area contributed by atoms with Crippen molar-refractivity contribution in [2.75, 3.05) is 10.6 Å². The molecule has 1 aliphatic heterocycles. The normalized spacial score (nSPS) is 18.4. The fourth-order valence-electron chi connectivity index (χ4n) is 5.30. The highest BCUT2D eigenvalue weighted by atomic mass is 19.4. The molecule has 4 aromatic rings. The van der Waals surface area contributed by atoms with Crippen molar-refractivity contribution in [1.82, 2.24) is 4.98 Å². The molecule has 3 N–H and O–H groups in total. The number of anilines is 2. The van der Waals surface area contributed by atoms with Crippen LogP contribution in [0.4, 0.5) is 42.5 Å². The zero-order valence-electron chi connectivity index (χ0n) is 20.9. The van der Waals surface area contributed by atoms with Crippen molar-refractivity contribution >= 4 is 28.4 Å². The number of aromatic amines is 1. The molecular weight excluding hydrogens is 524 g/mol. The van der Waals surface area contributed by atoms with Gasteiger partial charge in [-0.1, -0.05) is 31.2 Å². The number of ether oxygens (including phenoxy) is 1. The van der Waals surface area contributed by atoms with Crippen LogP contribution in [0.5, 0.6) is 0 Å². The van der Waals surface area contributed by atoms with Gasteiger partial charge in [-0.15, -0.1) is 0 Å². The average molecular weight is 547 g/mol. The molecule has 204 valence electrons. The smallest absolute Gasteiger partial charge is 0.418 e. The number of H-pyrrole nitrogens is 1. The Bertz CT molecular complexity index is 1590. The third-order valence-electron chi connectivity index (χ3n) is 6.97. The van der Waals surface area contributed by atoms with Crippen molar-refractivity contribution in [3.8, 4) is 11.1 Å². The van der Waals surface area contributed by atoms with Gasteiger partial charge in [-0.2, -0.15) is 13.2 Å². The van der Waals surface area contributed by atoms with Crippen LogP contribution in [0.2, 0.25) is 0 Å². The largest absolute Gasteiger partial charge is 0.443 e. The number of halogens is 6. The first-order valence-corrected chi connectivity index (χ1v) is 12.0. The molecule has 1 unspecified atom stereocenters. The SMILES string of the molecule is C[C@H]1c2c(cc(F)c(-c3cccc4cc[nH]c34)c2F)NC(C)(C)C1OC(=O)Nc1c(F)cccc1C(F)(F)F. The molecule has 0 fully saturated rings. The second kappa shape index (κ2) is 9.25. The number of carbonyl (C=O) groups excluding carboxylic acids is 1. The topological polar surface area (TPSA) is 66.1 Å². The molecule has 3 aromatic carbocycles. The third-order valence-corrected chi connectivity index (χ3v) is 6.97. The molecule has 0 bridgehead atoms. The van der Waals surface area contributed by atoms with E-state index in [4.69, 9.17) is 4.74 Å². The maximum Gasteiger partial charge on any atom is 0.418 e. The van der Waals surface area contributed by atoms with E-state index in [0.717, 1.165) is 17.5 Å². The van der Waals surface area contributed by atoms with Gasteiger partial charge in [-0.05, 0) is 43.5 Å². The first-order valence-electron chi connectivity index (χ1n) is 12.0. The van der Waals surface area contributed by atoms with Crippen molar-refractivity contribution in [2.45, 2.75) is 44.5 Å². The quantitative estimate of drug-likeness (QED) is 0.227. The van der Waals surface area contributed by atoms with E-state index in [2.05, 4.69) is 10.3 Å². The van der Waals surface area contributed by atoms with E-state index in [0.29, 0.717) is 17.1 Å². The summed E-state index contributed by atoms with van der Waals surface area (Å²) in [6.07, 6.45) is -5.79. The van der Waals surface area contributed by atoms with Gasteiger partial charge in [0.1, 0.15) is 23.6 Å². The molecule has 0 radical (unpaired) electrons. The Balaban J connectivity index is 1.51. The lowest BCUT2D eigenvalue weighted by Gasteiger charge is -2.44. The molecule has 1 amide bonds. The van der Waals surface area contributed by atoms with Gasteiger partial charge in [0.15, 0.2) is 0 Å². The number of rotatable bonds is 3. The van der Waals surface area contributed by atoms with Gasteiger partial charge in [0.25, 0.3) is 0 Å². The standard InChI is InChI=1S/C28H23F6N3O2/c1-13-20-19(12-18(30)21(22(20)31)15-7-4-6-14-10-11-35-23(14)15)37-27(2,3)25(13)39-26(38)36-24-16(28(32,33)34)8-5-9-17(24)29/h4-13,25,35,37H,1-3H3,(H,36,38)/t13-,25?/m0/s1. The van der Waals surface area contributed by atoms with E-state index in [9.17, 15) is 22.4 Å². The summed E-state index contributed by atoms with van der Waals surface area (Å²) in [6.45, 7) is 4.78. The lowest BCUT2D eigenvalue weighted by molar-refractivity contribution is -0.137. The monoisotopic (exact) mass is 547 g/mol. The number of para-hydroxylation sites is 2. The second-order valence-electron chi connectivity index (χ2n) is 10.0. The van der Waals surface area contributed by atoms with E-state index in [1.54, 1.807) is 51.2 Å². The minimum atomic E-state index is -4.94. The Kier molecular flexibility index (Phi) is 6.27. The number of fused-ring (bicyclic) bond motifs is 2. The Morgan fingerprint density at radius 2 is 1.74 bits per heavy atom. The zero-order chi connectivity index (χ0) is 28.3. The molecule has 2 heterocycles. The maximum absolute atomic E-state index is 16.1. The van der Waals surface area contributed by atoms with Gasteiger partial charge in [0.2, 0.25) is 0 Å². The van der Waals surface area contributed by atoms with Crippen LogP contribution in [0.3, 0.4) is 0 Å². The summed E-state index contributed by atoms with van der Waals surface area (Å²) >= 11 is 0. The van der Waals surface area contributed by atoms with Gasteiger partial charge >= 0.3 is 12.3 Å². The Hall–Kier alpha value is -4.15. The van der Waals surface area contributed by atoms with E-state index in [-0.39, 0.29) is 16.8 Å². The van der Waals surface area contributed by atoms with Gasteiger partial charge < -0.3 is 15.0 Å². The number of alkyl halides is 3. The second-order valence-corrected chi connectivity index (χ2v) is 10.0. The lowest BCUT2D eigenvalue weighted by Crippen LogP contribution is -2.52.